The van der Waals surface area contributed by atoms with Gasteiger partial charge >= 0.3 is 10.3 Å². The molecule has 7 nitrogen and oxygen atoms in total. The van der Waals surface area contributed by atoms with Crippen LogP contribution in [0.5, 0.6) is 0 Å². The van der Waals surface area contributed by atoms with Gasteiger partial charge in [0, 0.05) is 15.9 Å². The third-order valence-corrected chi connectivity index (χ3v) is 6.36. The van der Waals surface area contributed by atoms with Crippen molar-refractivity contribution in [2.45, 2.75) is 40.2 Å². The van der Waals surface area contributed by atoms with Crippen molar-refractivity contribution in [3.8, 4) is 11.3 Å². The zero-order chi connectivity index (χ0) is 23.5. The SMILES string of the molecule is Cc1sc([C@H](Cc2ccc(NS(=O)(=O)O)cc2)NC(=O)C(C)(C)C)nc1-c1ccccc1. The van der Waals surface area contributed by atoms with Gasteiger partial charge < -0.3 is 5.32 Å². The van der Waals surface area contributed by atoms with Crippen LogP contribution in [0.25, 0.3) is 11.3 Å². The molecule has 3 N–H and O–H groups in total. The number of benzene rings is 2. The second kappa shape index (κ2) is 9.40. The molecule has 1 atom stereocenters. The van der Waals surface area contributed by atoms with Crippen LogP contribution in [0.1, 0.15) is 42.3 Å². The molecule has 9 heteroatoms. The first-order chi connectivity index (χ1) is 14.9. The highest BCUT2D eigenvalue weighted by molar-refractivity contribution is 7.87. The lowest BCUT2D eigenvalue weighted by atomic mass is 9.94. The maximum Gasteiger partial charge on any atom is 0.357 e. The molecule has 0 spiro atoms. The average molecular weight is 474 g/mol. The molecule has 0 radical (unpaired) electrons. The van der Waals surface area contributed by atoms with E-state index in [-0.39, 0.29) is 17.6 Å². The van der Waals surface area contributed by atoms with E-state index >= 15 is 0 Å². The first-order valence-electron chi connectivity index (χ1n) is 10.1. The van der Waals surface area contributed by atoms with Crippen molar-refractivity contribution in [2.75, 3.05) is 4.72 Å². The van der Waals surface area contributed by atoms with Gasteiger partial charge in [-0.2, -0.15) is 8.42 Å². The molecule has 0 aliphatic carbocycles. The lowest BCUT2D eigenvalue weighted by Gasteiger charge is -2.23. The predicted octanol–water partition coefficient (Wildman–Crippen LogP) is 4.78. The van der Waals surface area contributed by atoms with E-state index in [0.717, 1.165) is 26.7 Å². The third-order valence-electron chi connectivity index (χ3n) is 4.79. The van der Waals surface area contributed by atoms with Crippen LogP contribution in [-0.2, 0) is 21.5 Å². The molecule has 1 aromatic heterocycles. The van der Waals surface area contributed by atoms with E-state index in [2.05, 4.69) is 5.32 Å². The number of carbonyl (C=O) groups excluding carboxylic acids is 1. The number of nitrogens with zero attached hydrogens (tertiary/aromatic N) is 1. The Balaban J connectivity index is 1.90. The normalized spacial score (nSPS) is 12.9. The molecule has 32 heavy (non-hydrogen) atoms. The number of nitrogens with one attached hydrogen (secondary N) is 2. The Hall–Kier alpha value is -2.75. The van der Waals surface area contributed by atoms with Gasteiger partial charge in [0.15, 0.2) is 0 Å². The Labute approximate surface area is 192 Å². The zero-order valence-corrected chi connectivity index (χ0v) is 20.0. The van der Waals surface area contributed by atoms with Gasteiger partial charge in [0.25, 0.3) is 0 Å². The van der Waals surface area contributed by atoms with Crippen LogP contribution in [0.3, 0.4) is 0 Å². The molecular formula is C23H27N3O4S2. The molecule has 3 aromatic rings. The average Bonchev–Trinajstić information content (AvgIpc) is 3.09. The topological polar surface area (TPSA) is 108 Å². The molecule has 0 fully saturated rings. The maximum atomic E-state index is 12.8. The number of thiazole rings is 1. The summed E-state index contributed by atoms with van der Waals surface area (Å²) in [6.45, 7) is 7.59. The Morgan fingerprint density at radius 3 is 2.28 bits per heavy atom. The minimum atomic E-state index is -4.33. The van der Waals surface area contributed by atoms with E-state index in [9.17, 15) is 13.2 Å². The second-order valence-electron chi connectivity index (χ2n) is 8.58. The third kappa shape index (κ3) is 6.38. The summed E-state index contributed by atoms with van der Waals surface area (Å²) in [5.41, 5.74) is 2.50. The summed E-state index contributed by atoms with van der Waals surface area (Å²) < 4.78 is 33.0. The van der Waals surface area contributed by atoms with Crippen molar-refractivity contribution in [3.05, 3.63) is 70.0 Å². The summed E-state index contributed by atoms with van der Waals surface area (Å²) in [5, 5.41) is 3.93. The summed E-state index contributed by atoms with van der Waals surface area (Å²) in [7, 11) is -4.33. The van der Waals surface area contributed by atoms with Gasteiger partial charge in [-0.1, -0.05) is 63.2 Å². The summed E-state index contributed by atoms with van der Waals surface area (Å²) in [6, 6.07) is 16.2. The molecule has 0 saturated heterocycles. The first kappa shape index (κ1) is 23.9. The predicted molar refractivity (Wildman–Crippen MR) is 128 cm³/mol. The lowest BCUT2D eigenvalue weighted by Crippen LogP contribution is -2.38. The van der Waals surface area contributed by atoms with E-state index in [4.69, 9.17) is 9.54 Å². The van der Waals surface area contributed by atoms with Crippen molar-refractivity contribution in [1.29, 1.82) is 0 Å². The molecule has 1 amide bonds. The van der Waals surface area contributed by atoms with Crippen molar-refractivity contribution in [2.24, 2.45) is 5.41 Å². The molecule has 0 saturated carbocycles. The number of amides is 1. The highest BCUT2D eigenvalue weighted by atomic mass is 32.2. The molecule has 170 valence electrons. The van der Waals surface area contributed by atoms with Gasteiger partial charge in [-0.25, -0.2) is 4.98 Å². The molecule has 2 aromatic carbocycles. The quantitative estimate of drug-likeness (QED) is 0.428. The van der Waals surface area contributed by atoms with Crippen LogP contribution in [-0.4, -0.2) is 23.9 Å². The molecular weight excluding hydrogens is 446 g/mol. The summed E-state index contributed by atoms with van der Waals surface area (Å²) in [5.74, 6) is -0.0822. The Morgan fingerprint density at radius 2 is 1.72 bits per heavy atom. The van der Waals surface area contributed by atoms with E-state index < -0.39 is 15.7 Å². The van der Waals surface area contributed by atoms with Crippen LogP contribution in [0.4, 0.5) is 5.69 Å². The highest BCUT2D eigenvalue weighted by Crippen LogP contribution is 2.32. The molecule has 0 bridgehead atoms. The number of aromatic nitrogens is 1. The fraction of sp³-hybridized carbons (Fsp3) is 0.304. The minimum Gasteiger partial charge on any atom is -0.346 e. The Morgan fingerprint density at radius 1 is 1.09 bits per heavy atom. The summed E-state index contributed by atoms with van der Waals surface area (Å²) in [4.78, 5) is 18.7. The fourth-order valence-corrected chi connectivity index (χ4v) is 4.53. The smallest absolute Gasteiger partial charge is 0.346 e. The lowest BCUT2D eigenvalue weighted by molar-refractivity contribution is -0.129. The van der Waals surface area contributed by atoms with Crippen molar-refractivity contribution in [3.63, 3.8) is 0 Å². The minimum absolute atomic E-state index is 0.0822. The number of hydrogen-bond acceptors (Lipinski definition) is 5. The fourth-order valence-electron chi connectivity index (χ4n) is 3.10. The molecule has 3 rings (SSSR count). The van der Waals surface area contributed by atoms with Crippen LogP contribution in [0.2, 0.25) is 0 Å². The van der Waals surface area contributed by atoms with E-state index in [1.54, 1.807) is 35.6 Å². The van der Waals surface area contributed by atoms with Gasteiger partial charge in [0.2, 0.25) is 5.91 Å². The number of hydrogen-bond donors (Lipinski definition) is 3. The van der Waals surface area contributed by atoms with E-state index in [1.165, 1.54) is 0 Å². The largest absolute Gasteiger partial charge is 0.357 e. The standard InChI is InChI=1S/C23H27N3O4S2/c1-15-20(17-8-6-5-7-9-17)25-21(31-15)19(24-22(27)23(2,3)4)14-16-10-12-18(13-11-16)26-32(28,29)30/h5-13,19,26H,14H2,1-4H3,(H,24,27)(H,28,29,30)/t19-/m0/s1. The number of anilines is 1. The molecule has 0 unspecified atom stereocenters. The van der Waals surface area contributed by atoms with Crippen molar-refractivity contribution >= 4 is 33.2 Å². The maximum absolute atomic E-state index is 12.8. The van der Waals surface area contributed by atoms with Crippen molar-refractivity contribution in [1.82, 2.24) is 10.3 Å². The van der Waals surface area contributed by atoms with E-state index in [1.807, 2.05) is 62.7 Å². The molecule has 0 aliphatic rings. The number of carbonyl (C=O) groups is 1. The molecule has 0 aliphatic heterocycles. The van der Waals surface area contributed by atoms with E-state index in [0.29, 0.717) is 6.42 Å². The van der Waals surface area contributed by atoms with Gasteiger partial charge in [-0.15, -0.1) is 11.3 Å². The summed E-state index contributed by atoms with van der Waals surface area (Å²) in [6.07, 6.45) is 0.481. The first-order valence-corrected chi connectivity index (χ1v) is 12.4. The summed E-state index contributed by atoms with van der Waals surface area (Å²) >= 11 is 1.55. The second-order valence-corrected chi connectivity index (χ2v) is 11.0. The van der Waals surface area contributed by atoms with Crippen LogP contribution in [0.15, 0.2) is 54.6 Å². The number of aryl methyl sites for hydroxylation is 1. The van der Waals surface area contributed by atoms with Gasteiger partial charge in [-0.05, 0) is 31.0 Å². The van der Waals surface area contributed by atoms with Gasteiger partial charge in [0.1, 0.15) is 5.01 Å². The van der Waals surface area contributed by atoms with Gasteiger partial charge in [-0.3, -0.25) is 14.1 Å². The van der Waals surface area contributed by atoms with Gasteiger partial charge in [0.05, 0.1) is 17.4 Å². The monoisotopic (exact) mass is 473 g/mol. The Bertz CT molecular complexity index is 1180. The highest BCUT2D eigenvalue weighted by Gasteiger charge is 2.27. The van der Waals surface area contributed by atoms with Crippen LogP contribution >= 0.6 is 11.3 Å². The Kier molecular flexibility index (Phi) is 7.02. The number of rotatable bonds is 7. The van der Waals surface area contributed by atoms with Crippen LogP contribution < -0.4 is 10.0 Å². The van der Waals surface area contributed by atoms with Crippen molar-refractivity contribution < 1.29 is 17.8 Å². The molecule has 1 heterocycles. The zero-order valence-electron chi connectivity index (χ0n) is 18.4. The van der Waals surface area contributed by atoms with Crippen LogP contribution in [0, 0.1) is 12.3 Å².